The molecule has 1 fully saturated rings. The zero-order chi connectivity index (χ0) is 15.1. The summed E-state index contributed by atoms with van der Waals surface area (Å²) in [4.78, 5) is 4.85. The second-order valence-corrected chi connectivity index (χ2v) is 5.85. The van der Waals surface area contributed by atoms with Gasteiger partial charge in [-0.05, 0) is 56.6 Å². The lowest BCUT2D eigenvalue weighted by Gasteiger charge is -2.32. The molecule has 1 aliphatic rings. The van der Waals surface area contributed by atoms with Crippen LogP contribution in [-0.2, 0) is 6.42 Å². The zero-order valence-electron chi connectivity index (χ0n) is 13.3. The van der Waals surface area contributed by atoms with Crippen LogP contribution in [0.5, 0.6) is 5.75 Å². The summed E-state index contributed by atoms with van der Waals surface area (Å²) in [7, 11) is 2.17. The van der Waals surface area contributed by atoms with Crippen molar-refractivity contribution in [3.63, 3.8) is 0 Å². The van der Waals surface area contributed by atoms with E-state index in [0.29, 0.717) is 6.61 Å². The third-order valence-electron chi connectivity index (χ3n) is 4.00. The van der Waals surface area contributed by atoms with Gasteiger partial charge in [-0.2, -0.15) is 0 Å². The van der Waals surface area contributed by atoms with Gasteiger partial charge in [0, 0.05) is 26.2 Å². The van der Waals surface area contributed by atoms with Crippen molar-refractivity contribution in [1.29, 1.82) is 0 Å². The average Bonchev–Trinajstić information content (AvgIpc) is 2.48. The maximum atomic E-state index is 13.4. The maximum Gasteiger partial charge on any atom is 0.123 e. The third-order valence-corrected chi connectivity index (χ3v) is 4.00. The highest BCUT2D eigenvalue weighted by atomic mass is 19.1. The summed E-state index contributed by atoms with van der Waals surface area (Å²) >= 11 is 0. The van der Waals surface area contributed by atoms with E-state index in [9.17, 15) is 4.39 Å². The SMILES string of the molecule is CCCOc1ccc(F)cc1CCCN1CCN(C)CC1. The fourth-order valence-electron chi connectivity index (χ4n) is 2.66. The van der Waals surface area contributed by atoms with E-state index in [4.69, 9.17) is 4.74 Å². The largest absolute Gasteiger partial charge is 0.493 e. The first-order valence-corrected chi connectivity index (χ1v) is 8.01. The Kier molecular flexibility index (Phi) is 6.46. The van der Waals surface area contributed by atoms with Gasteiger partial charge < -0.3 is 14.5 Å². The number of rotatable bonds is 7. The van der Waals surface area contributed by atoms with Crippen LogP contribution in [0.25, 0.3) is 0 Å². The predicted octanol–water partition coefficient (Wildman–Crippen LogP) is 2.79. The minimum atomic E-state index is -0.173. The summed E-state index contributed by atoms with van der Waals surface area (Å²) in [5, 5.41) is 0. The maximum absolute atomic E-state index is 13.4. The highest BCUT2D eigenvalue weighted by Gasteiger charge is 2.13. The molecular formula is C17H27FN2O. The van der Waals surface area contributed by atoms with Crippen LogP contribution in [0.3, 0.4) is 0 Å². The van der Waals surface area contributed by atoms with E-state index in [1.807, 2.05) is 0 Å². The second kappa shape index (κ2) is 8.35. The number of likely N-dealkylation sites (N-methyl/N-ethyl adjacent to an activating group) is 1. The van der Waals surface area contributed by atoms with E-state index in [0.717, 1.165) is 63.3 Å². The smallest absolute Gasteiger partial charge is 0.123 e. The van der Waals surface area contributed by atoms with Crippen molar-refractivity contribution in [1.82, 2.24) is 9.80 Å². The summed E-state index contributed by atoms with van der Waals surface area (Å²) in [6.45, 7) is 8.42. The summed E-state index contributed by atoms with van der Waals surface area (Å²) in [5.74, 6) is 0.671. The Hall–Kier alpha value is -1.13. The molecule has 0 spiro atoms. The highest BCUT2D eigenvalue weighted by Crippen LogP contribution is 2.21. The fourth-order valence-corrected chi connectivity index (χ4v) is 2.66. The molecule has 0 aliphatic carbocycles. The summed E-state index contributed by atoms with van der Waals surface area (Å²) in [5.41, 5.74) is 0.998. The Morgan fingerprint density at radius 1 is 1.19 bits per heavy atom. The molecule has 1 saturated heterocycles. The van der Waals surface area contributed by atoms with E-state index >= 15 is 0 Å². The number of benzene rings is 1. The monoisotopic (exact) mass is 294 g/mol. The zero-order valence-corrected chi connectivity index (χ0v) is 13.3. The lowest BCUT2D eigenvalue weighted by Crippen LogP contribution is -2.44. The van der Waals surface area contributed by atoms with E-state index in [-0.39, 0.29) is 5.82 Å². The van der Waals surface area contributed by atoms with Gasteiger partial charge in [-0.3, -0.25) is 0 Å². The van der Waals surface area contributed by atoms with Crippen LogP contribution < -0.4 is 4.74 Å². The predicted molar refractivity (Wildman–Crippen MR) is 84.4 cm³/mol. The highest BCUT2D eigenvalue weighted by molar-refractivity contribution is 5.34. The molecule has 0 amide bonds. The minimum Gasteiger partial charge on any atom is -0.493 e. The number of ether oxygens (including phenoxy) is 1. The number of hydrogen-bond acceptors (Lipinski definition) is 3. The summed E-state index contributed by atoms with van der Waals surface area (Å²) in [6.07, 6.45) is 2.90. The molecule has 0 N–H and O–H groups in total. The number of hydrogen-bond donors (Lipinski definition) is 0. The van der Waals surface area contributed by atoms with E-state index in [1.165, 1.54) is 6.07 Å². The molecular weight excluding hydrogens is 267 g/mol. The average molecular weight is 294 g/mol. The van der Waals surface area contributed by atoms with Crippen molar-refractivity contribution in [3.05, 3.63) is 29.6 Å². The van der Waals surface area contributed by atoms with Gasteiger partial charge in [-0.15, -0.1) is 0 Å². The molecule has 2 rings (SSSR count). The Morgan fingerprint density at radius 3 is 2.67 bits per heavy atom. The number of nitrogens with zero attached hydrogens (tertiary/aromatic N) is 2. The fraction of sp³-hybridized carbons (Fsp3) is 0.647. The molecule has 118 valence electrons. The van der Waals surface area contributed by atoms with E-state index in [2.05, 4.69) is 23.8 Å². The van der Waals surface area contributed by atoms with Crippen LogP contribution >= 0.6 is 0 Å². The Labute approximate surface area is 127 Å². The second-order valence-electron chi connectivity index (χ2n) is 5.85. The number of halogens is 1. The summed E-state index contributed by atoms with van der Waals surface area (Å²) in [6, 6.07) is 4.86. The Balaban J connectivity index is 1.82. The van der Waals surface area contributed by atoms with Crippen LogP contribution in [0.1, 0.15) is 25.3 Å². The number of piperazine rings is 1. The molecule has 1 aromatic rings. The van der Waals surface area contributed by atoms with Gasteiger partial charge in [0.1, 0.15) is 11.6 Å². The van der Waals surface area contributed by atoms with Gasteiger partial charge in [-0.1, -0.05) is 6.92 Å². The van der Waals surface area contributed by atoms with Gasteiger partial charge in [-0.25, -0.2) is 4.39 Å². The normalized spacial score (nSPS) is 17.1. The van der Waals surface area contributed by atoms with Gasteiger partial charge in [0.25, 0.3) is 0 Å². The quantitative estimate of drug-likeness (QED) is 0.769. The third kappa shape index (κ3) is 5.29. The van der Waals surface area contributed by atoms with Crippen LogP contribution in [0.15, 0.2) is 18.2 Å². The molecule has 0 bridgehead atoms. The molecule has 1 aliphatic heterocycles. The van der Waals surface area contributed by atoms with Crippen LogP contribution in [0.2, 0.25) is 0 Å². The van der Waals surface area contributed by atoms with Crippen molar-refractivity contribution in [2.24, 2.45) is 0 Å². The molecule has 1 aromatic carbocycles. The van der Waals surface area contributed by atoms with Crippen molar-refractivity contribution in [2.75, 3.05) is 46.4 Å². The molecule has 0 aromatic heterocycles. The van der Waals surface area contributed by atoms with Crippen molar-refractivity contribution >= 4 is 0 Å². The van der Waals surface area contributed by atoms with Gasteiger partial charge in [0.15, 0.2) is 0 Å². The van der Waals surface area contributed by atoms with E-state index in [1.54, 1.807) is 12.1 Å². The molecule has 0 unspecified atom stereocenters. The van der Waals surface area contributed by atoms with Gasteiger partial charge in [0.05, 0.1) is 6.61 Å². The minimum absolute atomic E-state index is 0.173. The molecule has 1 heterocycles. The Bertz CT molecular complexity index is 431. The standard InChI is InChI=1S/C17H27FN2O/c1-3-13-21-17-7-6-16(18)14-15(17)5-4-8-20-11-9-19(2)10-12-20/h6-7,14H,3-5,8-13H2,1-2H3. The van der Waals surface area contributed by atoms with Crippen molar-refractivity contribution < 1.29 is 9.13 Å². The molecule has 4 heteroatoms. The van der Waals surface area contributed by atoms with Crippen LogP contribution in [-0.4, -0.2) is 56.2 Å². The van der Waals surface area contributed by atoms with Gasteiger partial charge in [0.2, 0.25) is 0 Å². The molecule has 0 saturated carbocycles. The summed E-state index contributed by atoms with van der Waals surface area (Å²) < 4.78 is 19.1. The molecule has 0 atom stereocenters. The first kappa shape index (κ1) is 16.2. The first-order valence-electron chi connectivity index (χ1n) is 8.01. The van der Waals surface area contributed by atoms with Crippen molar-refractivity contribution in [3.8, 4) is 5.75 Å². The lowest BCUT2D eigenvalue weighted by molar-refractivity contribution is 0.153. The van der Waals surface area contributed by atoms with Crippen LogP contribution in [0.4, 0.5) is 4.39 Å². The van der Waals surface area contributed by atoms with Gasteiger partial charge >= 0.3 is 0 Å². The first-order chi connectivity index (χ1) is 10.2. The molecule has 3 nitrogen and oxygen atoms in total. The number of aryl methyl sites for hydroxylation is 1. The topological polar surface area (TPSA) is 15.7 Å². The Morgan fingerprint density at radius 2 is 1.95 bits per heavy atom. The van der Waals surface area contributed by atoms with Crippen LogP contribution in [0, 0.1) is 5.82 Å². The molecule has 21 heavy (non-hydrogen) atoms. The van der Waals surface area contributed by atoms with E-state index < -0.39 is 0 Å². The molecule has 0 radical (unpaired) electrons. The van der Waals surface area contributed by atoms with Crippen molar-refractivity contribution in [2.45, 2.75) is 26.2 Å². The lowest BCUT2D eigenvalue weighted by atomic mass is 10.1.